The molecule has 0 fully saturated rings. The predicted octanol–water partition coefficient (Wildman–Crippen LogP) is 11.3. The quantitative estimate of drug-likeness (QED) is 0.0898. The lowest BCUT2D eigenvalue weighted by atomic mass is 10.0. The number of nitrogens with one attached hydrogen (secondary N) is 1. The van der Waals surface area contributed by atoms with Crippen molar-refractivity contribution in [3.8, 4) is 0 Å². The van der Waals surface area contributed by atoms with Crippen molar-refractivity contribution in [3.63, 3.8) is 0 Å². The molecule has 0 bridgehead atoms. The van der Waals surface area contributed by atoms with E-state index in [1.165, 1.54) is 161 Å². The van der Waals surface area contributed by atoms with Gasteiger partial charge >= 0.3 is 0 Å². The number of rotatable bonds is 27. The summed E-state index contributed by atoms with van der Waals surface area (Å²) in [4.78, 5) is 2.27. The Bertz CT molecular complexity index is 322. The Morgan fingerprint density at radius 1 is 0.400 bits per heavy atom. The van der Waals surface area contributed by atoms with Crippen LogP contribution in [0.5, 0.6) is 0 Å². The maximum atomic E-state index is 3.58. The van der Waals surface area contributed by atoms with Crippen LogP contribution in [0.3, 0.4) is 0 Å². The lowest BCUT2D eigenvalue weighted by Gasteiger charge is -2.25. The zero-order chi connectivity index (χ0) is 26.2. The van der Waals surface area contributed by atoms with Gasteiger partial charge in [0.05, 0.1) is 6.17 Å². The fourth-order valence-electron chi connectivity index (χ4n) is 4.79. The van der Waals surface area contributed by atoms with Gasteiger partial charge in [0.2, 0.25) is 0 Å². The molecule has 0 aliphatic rings. The molecule has 0 radical (unpaired) electrons. The smallest absolute Gasteiger partial charge is 0.0591 e. The highest BCUT2D eigenvalue weighted by atomic mass is 15.2. The molecule has 35 heavy (non-hydrogen) atoms. The summed E-state index contributed by atoms with van der Waals surface area (Å²) >= 11 is 0. The van der Waals surface area contributed by atoms with Gasteiger partial charge in [0.1, 0.15) is 0 Å². The van der Waals surface area contributed by atoms with E-state index in [2.05, 4.69) is 52.0 Å². The molecule has 0 heterocycles. The summed E-state index contributed by atoms with van der Waals surface area (Å²) in [5.41, 5.74) is 0. The molecule has 0 aromatic heterocycles. The van der Waals surface area contributed by atoms with Crippen LogP contribution in [-0.2, 0) is 0 Å². The Morgan fingerprint density at radius 3 is 0.943 bits per heavy atom. The highest BCUT2D eigenvalue weighted by Crippen LogP contribution is 2.14. The van der Waals surface area contributed by atoms with Crippen molar-refractivity contribution in [2.24, 2.45) is 0 Å². The van der Waals surface area contributed by atoms with Crippen LogP contribution in [-0.4, -0.2) is 31.7 Å². The summed E-state index contributed by atoms with van der Waals surface area (Å²) < 4.78 is 0. The van der Waals surface area contributed by atoms with E-state index in [4.69, 9.17) is 0 Å². The van der Waals surface area contributed by atoms with Gasteiger partial charge in [-0.05, 0) is 33.5 Å². The van der Waals surface area contributed by atoms with Gasteiger partial charge in [-0.15, -0.1) is 0 Å². The van der Waals surface area contributed by atoms with E-state index in [1.54, 1.807) is 0 Å². The van der Waals surface area contributed by atoms with Gasteiger partial charge in [-0.25, -0.2) is 0 Å². The van der Waals surface area contributed by atoms with Crippen molar-refractivity contribution >= 4 is 0 Å². The van der Waals surface area contributed by atoms with Crippen LogP contribution in [0, 0.1) is 0 Å². The van der Waals surface area contributed by atoms with Gasteiger partial charge in [-0.3, -0.25) is 4.90 Å². The highest BCUT2D eigenvalue weighted by Gasteiger charge is 2.07. The van der Waals surface area contributed by atoms with E-state index in [1.807, 2.05) is 0 Å². The molecule has 0 aromatic carbocycles. The van der Waals surface area contributed by atoms with E-state index < -0.39 is 0 Å². The largest absolute Gasteiger partial charge is 0.302 e. The molecule has 214 valence electrons. The van der Waals surface area contributed by atoms with Crippen molar-refractivity contribution in [2.75, 3.05) is 20.6 Å². The number of nitrogens with zero attached hydrogens (tertiary/aromatic N) is 1. The zero-order valence-electron chi connectivity index (χ0n) is 25.9. The molecule has 0 spiro atoms. The van der Waals surface area contributed by atoms with Crippen molar-refractivity contribution < 1.29 is 0 Å². The van der Waals surface area contributed by atoms with Crippen LogP contribution >= 0.6 is 0 Å². The molecule has 0 amide bonds. The average molecular weight is 497 g/mol. The maximum Gasteiger partial charge on any atom is 0.0591 e. The molecular formula is C33H72N2. The molecular weight excluding hydrogens is 424 g/mol. The molecule has 1 unspecified atom stereocenters. The second kappa shape index (κ2) is 33.9. The Balaban J connectivity index is 0. The summed E-state index contributed by atoms with van der Waals surface area (Å²) in [5.74, 6) is 0. The lowest BCUT2D eigenvalue weighted by molar-refractivity contribution is 0.230. The third-order valence-electron chi connectivity index (χ3n) is 7.30. The minimum Gasteiger partial charge on any atom is -0.302 e. The van der Waals surface area contributed by atoms with Crippen molar-refractivity contribution in [1.29, 1.82) is 0 Å². The van der Waals surface area contributed by atoms with Crippen LogP contribution in [0.2, 0.25) is 0 Å². The van der Waals surface area contributed by atoms with Crippen molar-refractivity contribution in [1.82, 2.24) is 10.2 Å². The van der Waals surface area contributed by atoms with E-state index >= 15 is 0 Å². The van der Waals surface area contributed by atoms with E-state index in [9.17, 15) is 0 Å². The summed E-state index contributed by atoms with van der Waals surface area (Å²) in [7, 11) is 4.29. The monoisotopic (exact) mass is 497 g/mol. The zero-order valence-corrected chi connectivity index (χ0v) is 25.9. The van der Waals surface area contributed by atoms with Crippen LogP contribution in [0.15, 0.2) is 0 Å². The van der Waals surface area contributed by atoms with E-state index in [-0.39, 0.29) is 0 Å². The predicted molar refractivity (Wildman–Crippen MR) is 164 cm³/mol. The fourth-order valence-corrected chi connectivity index (χ4v) is 4.79. The van der Waals surface area contributed by atoms with Crippen LogP contribution in [0.4, 0.5) is 0 Å². The molecule has 2 heteroatoms. The van der Waals surface area contributed by atoms with E-state index in [0.29, 0.717) is 6.17 Å². The Hall–Kier alpha value is -0.0800. The van der Waals surface area contributed by atoms with Gasteiger partial charge in [0.15, 0.2) is 0 Å². The Kier molecular flexibility index (Phi) is 35.9. The van der Waals surface area contributed by atoms with Crippen LogP contribution in [0.25, 0.3) is 0 Å². The number of unbranched alkanes of at least 4 members (excludes halogenated alkanes) is 21. The first kappa shape index (κ1) is 37.1. The molecule has 0 saturated carbocycles. The first-order valence-corrected chi connectivity index (χ1v) is 16.5. The first-order valence-electron chi connectivity index (χ1n) is 16.5. The molecule has 0 aliphatic carbocycles. The second-order valence-corrected chi connectivity index (χ2v) is 11.3. The third-order valence-corrected chi connectivity index (χ3v) is 7.30. The van der Waals surface area contributed by atoms with Crippen molar-refractivity contribution in [3.05, 3.63) is 0 Å². The highest BCUT2D eigenvalue weighted by molar-refractivity contribution is 4.62. The summed E-state index contributed by atoms with van der Waals surface area (Å²) in [6.07, 6.45) is 36.4. The molecule has 0 aromatic rings. The first-order chi connectivity index (χ1) is 17.1. The molecule has 1 atom stereocenters. The van der Waals surface area contributed by atoms with Crippen LogP contribution < -0.4 is 5.32 Å². The summed E-state index contributed by atoms with van der Waals surface area (Å²) in [6, 6.07) is 0. The second-order valence-electron chi connectivity index (χ2n) is 11.3. The Morgan fingerprint density at radius 2 is 0.686 bits per heavy atom. The molecule has 0 saturated heterocycles. The SMILES string of the molecule is CCCCCCCCCCCCCCCCCCCCCC.CCCCCNC(CCC)N(C)C. The molecule has 0 rings (SSSR count). The van der Waals surface area contributed by atoms with Gasteiger partial charge in [0.25, 0.3) is 0 Å². The molecule has 2 nitrogen and oxygen atoms in total. The molecule has 0 aliphatic heterocycles. The van der Waals surface area contributed by atoms with Gasteiger partial charge in [-0.1, -0.05) is 175 Å². The minimum atomic E-state index is 0.571. The van der Waals surface area contributed by atoms with Crippen molar-refractivity contribution in [2.45, 2.75) is 194 Å². The van der Waals surface area contributed by atoms with Gasteiger partial charge in [-0.2, -0.15) is 0 Å². The average Bonchev–Trinajstić information content (AvgIpc) is 2.85. The maximum absolute atomic E-state index is 3.58. The fraction of sp³-hybridized carbons (Fsp3) is 1.00. The minimum absolute atomic E-state index is 0.571. The molecule has 1 N–H and O–H groups in total. The lowest BCUT2D eigenvalue weighted by Crippen LogP contribution is -2.41. The van der Waals surface area contributed by atoms with E-state index in [0.717, 1.165) is 6.54 Å². The van der Waals surface area contributed by atoms with Gasteiger partial charge in [0, 0.05) is 0 Å². The summed E-state index contributed by atoms with van der Waals surface area (Å²) in [5, 5.41) is 3.58. The number of hydrogen-bond donors (Lipinski definition) is 1. The summed E-state index contributed by atoms with van der Waals surface area (Å²) in [6.45, 7) is 10.2. The normalized spacial score (nSPS) is 12.1. The Labute approximate surface area is 225 Å². The van der Waals surface area contributed by atoms with Gasteiger partial charge < -0.3 is 5.32 Å². The topological polar surface area (TPSA) is 15.3 Å². The third kappa shape index (κ3) is 33.9. The number of hydrogen-bond acceptors (Lipinski definition) is 2. The van der Waals surface area contributed by atoms with Crippen LogP contribution in [0.1, 0.15) is 188 Å². The standard InChI is InChI=1S/C22H46.C11H26N2/c1-3-5-7-9-11-13-15-17-19-21-22-20-18-16-14-12-10-8-6-4-2;1-5-7-8-10-12-11(9-6-2)13(3)4/h3-22H2,1-2H3;11-12H,5-10H2,1-4H3.